The number of piperidine rings is 1. The van der Waals surface area contributed by atoms with Crippen molar-refractivity contribution < 1.29 is 4.79 Å². The van der Waals surface area contributed by atoms with Gasteiger partial charge in [-0.2, -0.15) is 0 Å². The number of nitrogens with zero attached hydrogens (tertiary/aromatic N) is 2. The van der Waals surface area contributed by atoms with Gasteiger partial charge in [-0.1, -0.05) is 0 Å². The number of hydrogen-bond acceptors (Lipinski definition) is 3. The van der Waals surface area contributed by atoms with Crippen LogP contribution in [0.2, 0.25) is 0 Å². The highest BCUT2D eigenvalue weighted by molar-refractivity contribution is 5.47. The van der Waals surface area contributed by atoms with Crippen LogP contribution in [-0.4, -0.2) is 61.5 Å². The summed E-state index contributed by atoms with van der Waals surface area (Å²) in [5.41, 5.74) is 0. The van der Waals surface area contributed by atoms with Crippen molar-refractivity contribution in [3.05, 3.63) is 0 Å². The van der Waals surface area contributed by atoms with Gasteiger partial charge in [-0.05, 0) is 25.9 Å². The Balaban J connectivity index is 1.78. The maximum Gasteiger partial charge on any atom is 0.209 e. The largest absolute Gasteiger partial charge is 0.343 e. The fourth-order valence-electron chi connectivity index (χ4n) is 2.38. The SMILES string of the molecule is O=CN1CCN(C2CCNCC2)CC1. The third-order valence-corrected chi connectivity index (χ3v) is 3.32. The maximum absolute atomic E-state index is 10.5. The molecule has 1 amide bonds. The smallest absolute Gasteiger partial charge is 0.209 e. The van der Waals surface area contributed by atoms with Crippen LogP contribution in [0, 0.1) is 0 Å². The number of hydrogen-bond donors (Lipinski definition) is 1. The zero-order valence-corrected chi connectivity index (χ0v) is 8.61. The molecule has 0 radical (unpaired) electrons. The minimum absolute atomic E-state index is 0.755. The average molecular weight is 197 g/mol. The Hall–Kier alpha value is -0.610. The summed E-state index contributed by atoms with van der Waals surface area (Å²) in [7, 11) is 0. The molecule has 0 aliphatic carbocycles. The molecule has 0 unspecified atom stereocenters. The Morgan fingerprint density at radius 2 is 1.71 bits per heavy atom. The molecule has 80 valence electrons. The van der Waals surface area contributed by atoms with E-state index in [2.05, 4.69) is 10.2 Å². The van der Waals surface area contributed by atoms with Gasteiger partial charge in [0.2, 0.25) is 6.41 Å². The van der Waals surface area contributed by atoms with Crippen LogP contribution in [-0.2, 0) is 4.79 Å². The van der Waals surface area contributed by atoms with Gasteiger partial charge in [-0.15, -0.1) is 0 Å². The lowest BCUT2D eigenvalue weighted by Crippen LogP contribution is -2.52. The highest BCUT2D eigenvalue weighted by Crippen LogP contribution is 2.13. The van der Waals surface area contributed by atoms with Crippen LogP contribution in [0.3, 0.4) is 0 Å². The van der Waals surface area contributed by atoms with E-state index in [0.717, 1.165) is 51.7 Å². The molecule has 0 bridgehead atoms. The molecule has 4 heteroatoms. The molecular weight excluding hydrogens is 178 g/mol. The molecule has 2 saturated heterocycles. The van der Waals surface area contributed by atoms with Crippen molar-refractivity contribution in [1.82, 2.24) is 15.1 Å². The van der Waals surface area contributed by atoms with E-state index in [1.165, 1.54) is 12.8 Å². The first kappa shape index (κ1) is 9.93. The second-order valence-corrected chi connectivity index (χ2v) is 4.16. The highest BCUT2D eigenvalue weighted by Gasteiger charge is 2.24. The summed E-state index contributed by atoms with van der Waals surface area (Å²) in [4.78, 5) is 15.0. The summed E-state index contributed by atoms with van der Waals surface area (Å²) >= 11 is 0. The quantitative estimate of drug-likeness (QED) is 0.607. The van der Waals surface area contributed by atoms with E-state index in [9.17, 15) is 4.79 Å². The van der Waals surface area contributed by atoms with E-state index in [4.69, 9.17) is 0 Å². The first-order valence-electron chi connectivity index (χ1n) is 5.54. The molecular formula is C10H19N3O. The number of nitrogens with one attached hydrogen (secondary N) is 1. The van der Waals surface area contributed by atoms with Crippen molar-refractivity contribution in [2.24, 2.45) is 0 Å². The Morgan fingerprint density at radius 1 is 1.07 bits per heavy atom. The Labute approximate surface area is 85.2 Å². The molecule has 1 N–H and O–H groups in total. The summed E-state index contributed by atoms with van der Waals surface area (Å²) in [6.45, 7) is 6.24. The number of carbonyl (C=O) groups is 1. The van der Waals surface area contributed by atoms with Crippen LogP contribution in [0.15, 0.2) is 0 Å². The van der Waals surface area contributed by atoms with Gasteiger partial charge in [0.05, 0.1) is 0 Å². The van der Waals surface area contributed by atoms with Crippen molar-refractivity contribution >= 4 is 6.41 Å². The maximum atomic E-state index is 10.5. The molecule has 14 heavy (non-hydrogen) atoms. The van der Waals surface area contributed by atoms with Crippen molar-refractivity contribution in [2.75, 3.05) is 39.3 Å². The van der Waals surface area contributed by atoms with Crippen molar-refractivity contribution in [1.29, 1.82) is 0 Å². The number of carbonyl (C=O) groups excluding carboxylic acids is 1. The Kier molecular flexibility index (Phi) is 3.37. The van der Waals surface area contributed by atoms with Crippen LogP contribution in [0.25, 0.3) is 0 Å². The lowest BCUT2D eigenvalue weighted by atomic mass is 10.0. The summed E-state index contributed by atoms with van der Waals surface area (Å²) in [5.74, 6) is 0. The molecule has 0 aromatic rings. The number of piperazine rings is 1. The molecule has 2 fully saturated rings. The van der Waals surface area contributed by atoms with Crippen LogP contribution in [0.4, 0.5) is 0 Å². The van der Waals surface area contributed by atoms with Gasteiger partial charge in [-0.25, -0.2) is 0 Å². The van der Waals surface area contributed by atoms with Crippen LogP contribution < -0.4 is 5.32 Å². The van der Waals surface area contributed by atoms with Gasteiger partial charge in [0.15, 0.2) is 0 Å². The number of amides is 1. The first-order chi connectivity index (χ1) is 6.90. The van der Waals surface area contributed by atoms with E-state index in [1.54, 1.807) is 0 Å². The molecule has 4 nitrogen and oxygen atoms in total. The average Bonchev–Trinajstić information content (AvgIpc) is 2.30. The van der Waals surface area contributed by atoms with E-state index in [0.29, 0.717) is 0 Å². The zero-order chi connectivity index (χ0) is 9.80. The molecule has 0 aromatic carbocycles. The minimum atomic E-state index is 0.755. The Bertz CT molecular complexity index is 184. The van der Waals surface area contributed by atoms with E-state index in [-0.39, 0.29) is 0 Å². The van der Waals surface area contributed by atoms with Gasteiger partial charge in [0, 0.05) is 32.2 Å². The fourth-order valence-corrected chi connectivity index (χ4v) is 2.38. The molecule has 0 saturated carbocycles. The van der Waals surface area contributed by atoms with E-state index in [1.807, 2.05) is 4.90 Å². The first-order valence-corrected chi connectivity index (χ1v) is 5.54. The van der Waals surface area contributed by atoms with Crippen molar-refractivity contribution in [2.45, 2.75) is 18.9 Å². The van der Waals surface area contributed by atoms with E-state index >= 15 is 0 Å². The van der Waals surface area contributed by atoms with Crippen LogP contribution in [0.5, 0.6) is 0 Å². The zero-order valence-electron chi connectivity index (χ0n) is 8.61. The summed E-state index contributed by atoms with van der Waals surface area (Å²) < 4.78 is 0. The summed E-state index contributed by atoms with van der Waals surface area (Å²) in [6, 6.07) is 0.755. The second-order valence-electron chi connectivity index (χ2n) is 4.16. The van der Waals surface area contributed by atoms with Gasteiger partial charge >= 0.3 is 0 Å². The molecule has 0 aromatic heterocycles. The number of rotatable bonds is 2. The third-order valence-electron chi connectivity index (χ3n) is 3.32. The van der Waals surface area contributed by atoms with Crippen LogP contribution >= 0.6 is 0 Å². The molecule has 0 atom stereocenters. The topological polar surface area (TPSA) is 35.6 Å². The van der Waals surface area contributed by atoms with Gasteiger partial charge in [0.25, 0.3) is 0 Å². The van der Waals surface area contributed by atoms with Gasteiger partial charge < -0.3 is 10.2 Å². The lowest BCUT2D eigenvalue weighted by molar-refractivity contribution is -0.120. The minimum Gasteiger partial charge on any atom is -0.343 e. The molecule has 2 aliphatic heterocycles. The molecule has 2 aliphatic rings. The molecule has 2 heterocycles. The predicted molar refractivity (Wildman–Crippen MR) is 55.1 cm³/mol. The highest BCUT2D eigenvalue weighted by atomic mass is 16.1. The van der Waals surface area contributed by atoms with Crippen molar-refractivity contribution in [3.63, 3.8) is 0 Å². The fraction of sp³-hybridized carbons (Fsp3) is 0.900. The standard InChI is InChI=1S/C10H19N3O/c14-9-12-5-7-13(8-6-12)10-1-3-11-4-2-10/h9-11H,1-8H2. The summed E-state index contributed by atoms with van der Waals surface area (Å²) in [6.07, 6.45) is 3.50. The van der Waals surface area contributed by atoms with E-state index < -0.39 is 0 Å². The lowest BCUT2D eigenvalue weighted by Gasteiger charge is -2.39. The monoisotopic (exact) mass is 197 g/mol. The third kappa shape index (κ3) is 2.25. The van der Waals surface area contributed by atoms with Gasteiger partial charge in [0.1, 0.15) is 0 Å². The van der Waals surface area contributed by atoms with Crippen molar-refractivity contribution in [3.8, 4) is 0 Å². The Morgan fingerprint density at radius 3 is 2.29 bits per heavy atom. The predicted octanol–water partition coefficient (Wildman–Crippen LogP) is -0.488. The second kappa shape index (κ2) is 4.75. The summed E-state index contributed by atoms with van der Waals surface area (Å²) in [5, 5.41) is 3.38. The van der Waals surface area contributed by atoms with Gasteiger partial charge in [-0.3, -0.25) is 9.69 Å². The normalized spacial score (nSPS) is 26.4. The molecule has 0 spiro atoms. The molecule has 2 rings (SSSR count). The van der Waals surface area contributed by atoms with Crippen LogP contribution in [0.1, 0.15) is 12.8 Å².